The SMILES string of the molecule is CC(C)Oc1ccc(C(=O)N2CCC3(CC2)Oc2ccc(F)cc2-c2nn(C)cc23)cc1CO.[HH]. The maximum absolute atomic E-state index is 13.9. The largest absolute Gasteiger partial charge is 0.491 e. The van der Waals surface area contributed by atoms with Crippen molar-refractivity contribution in [1.82, 2.24) is 14.7 Å². The van der Waals surface area contributed by atoms with Gasteiger partial charge in [-0.05, 0) is 50.2 Å². The number of rotatable bonds is 4. The molecule has 5 rings (SSSR count). The van der Waals surface area contributed by atoms with E-state index in [9.17, 15) is 14.3 Å². The third-order valence-corrected chi connectivity index (χ3v) is 6.52. The van der Waals surface area contributed by atoms with Crippen molar-refractivity contribution in [2.24, 2.45) is 7.05 Å². The van der Waals surface area contributed by atoms with Crippen LogP contribution in [0, 0.1) is 5.82 Å². The Labute approximate surface area is 199 Å². The first-order valence-corrected chi connectivity index (χ1v) is 11.5. The smallest absolute Gasteiger partial charge is 0.253 e. The summed E-state index contributed by atoms with van der Waals surface area (Å²) in [6.45, 7) is 4.63. The van der Waals surface area contributed by atoms with Gasteiger partial charge >= 0.3 is 0 Å². The quantitative estimate of drug-likeness (QED) is 0.620. The van der Waals surface area contributed by atoms with Gasteiger partial charge in [-0.3, -0.25) is 9.48 Å². The molecule has 2 aliphatic rings. The molecule has 0 radical (unpaired) electrons. The molecule has 0 bridgehead atoms. The van der Waals surface area contributed by atoms with Crippen LogP contribution < -0.4 is 9.47 Å². The minimum Gasteiger partial charge on any atom is -0.491 e. The Morgan fingerprint density at radius 1 is 1.26 bits per heavy atom. The number of likely N-dealkylation sites (tertiary alicyclic amines) is 1. The molecule has 1 saturated heterocycles. The van der Waals surface area contributed by atoms with Crippen molar-refractivity contribution in [1.29, 1.82) is 0 Å². The van der Waals surface area contributed by atoms with Gasteiger partial charge in [0.15, 0.2) is 0 Å². The first kappa shape index (κ1) is 22.4. The van der Waals surface area contributed by atoms with Crippen molar-refractivity contribution >= 4 is 5.91 Å². The van der Waals surface area contributed by atoms with Crippen molar-refractivity contribution in [2.75, 3.05) is 13.1 Å². The second-order valence-electron chi connectivity index (χ2n) is 9.24. The third-order valence-electron chi connectivity index (χ3n) is 6.52. The highest BCUT2D eigenvalue weighted by molar-refractivity contribution is 5.94. The molecule has 0 atom stereocenters. The van der Waals surface area contributed by atoms with E-state index in [1.54, 1.807) is 28.9 Å². The number of aliphatic hydroxyl groups is 1. The van der Waals surface area contributed by atoms with E-state index in [-0.39, 0.29) is 25.9 Å². The summed E-state index contributed by atoms with van der Waals surface area (Å²) in [6.07, 6.45) is 3.09. The van der Waals surface area contributed by atoms with Crippen molar-refractivity contribution < 1.29 is 25.2 Å². The van der Waals surface area contributed by atoms with Gasteiger partial charge in [0, 0.05) is 62.9 Å². The van der Waals surface area contributed by atoms with Gasteiger partial charge in [-0.25, -0.2) is 4.39 Å². The molecule has 3 heterocycles. The monoisotopic (exact) mass is 467 g/mol. The normalized spacial score (nSPS) is 16.2. The number of hydrogen-bond donors (Lipinski definition) is 1. The van der Waals surface area contributed by atoms with E-state index in [0.29, 0.717) is 54.1 Å². The molecule has 1 aromatic heterocycles. The summed E-state index contributed by atoms with van der Waals surface area (Å²) >= 11 is 0. The number of aryl methyl sites for hydroxylation is 1. The molecule has 2 aromatic carbocycles. The van der Waals surface area contributed by atoms with Crippen LogP contribution in [0.4, 0.5) is 4.39 Å². The Morgan fingerprint density at radius 3 is 2.74 bits per heavy atom. The zero-order valence-electron chi connectivity index (χ0n) is 19.5. The molecule has 0 unspecified atom stereocenters. The van der Waals surface area contributed by atoms with Crippen molar-refractivity contribution in [3.05, 3.63) is 65.1 Å². The maximum atomic E-state index is 13.9. The topological polar surface area (TPSA) is 76.8 Å². The number of nitrogens with zero attached hydrogens (tertiary/aromatic N) is 3. The molecule has 180 valence electrons. The fourth-order valence-corrected chi connectivity index (χ4v) is 4.89. The van der Waals surface area contributed by atoms with E-state index in [1.165, 1.54) is 12.1 Å². The predicted octanol–water partition coefficient (Wildman–Crippen LogP) is 4.28. The lowest BCUT2D eigenvalue weighted by Gasteiger charge is -2.44. The highest BCUT2D eigenvalue weighted by atomic mass is 19.1. The molecule has 0 saturated carbocycles. The summed E-state index contributed by atoms with van der Waals surface area (Å²) in [5.74, 6) is 0.773. The summed E-state index contributed by atoms with van der Waals surface area (Å²) in [6, 6.07) is 9.68. The van der Waals surface area contributed by atoms with Crippen molar-refractivity contribution in [3.8, 4) is 22.8 Å². The van der Waals surface area contributed by atoms with Crippen LogP contribution in [0.25, 0.3) is 11.3 Å². The lowest BCUT2D eigenvalue weighted by Crippen LogP contribution is -2.49. The van der Waals surface area contributed by atoms with E-state index >= 15 is 0 Å². The van der Waals surface area contributed by atoms with Crippen LogP contribution in [0.5, 0.6) is 11.5 Å². The first-order chi connectivity index (χ1) is 16.3. The van der Waals surface area contributed by atoms with Gasteiger partial charge < -0.3 is 19.5 Å². The molecule has 7 nitrogen and oxygen atoms in total. The number of ether oxygens (including phenoxy) is 2. The van der Waals surface area contributed by atoms with Crippen LogP contribution >= 0.6 is 0 Å². The fraction of sp³-hybridized carbons (Fsp3) is 0.385. The Bertz CT molecular complexity index is 1250. The maximum Gasteiger partial charge on any atom is 0.253 e. The number of piperidine rings is 1. The Morgan fingerprint density at radius 2 is 2.03 bits per heavy atom. The number of hydrogen-bond acceptors (Lipinski definition) is 5. The summed E-state index contributed by atoms with van der Waals surface area (Å²) in [4.78, 5) is 15.1. The number of aromatic nitrogens is 2. The molecule has 1 spiro atoms. The van der Waals surface area contributed by atoms with Gasteiger partial charge in [0.25, 0.3) is 5.91 Å². The van der Waals surface area contributed by atoms with Crippen molar-refractivity contribution in [2.45, 2.75) is 45.0 Å². The van der Waals surface area contributed by atoms with Gasteiger partial charge in [0.2, 0.25) is 0 Å². The number of amides is 1. The molecule has 1 fully saturated rings. The molecule has 1 amide bonds. The van der Waals surface area contributed by atoms with E-state index in [4.69, 9.17) is 9.47 Å². The van der Waals surface area contributed by atoms with Gasteiger partial charge in [-0.15, -0.1) is 0 Å². The second-order valence-corrected chi connectivity index (χ2v) is 9.24. The molecule has 34 heavy (non-hydrogen) atoms. The summed E-state index contributed by atoms with van der Waals surface area (Å²) in [5, 5.41) is 14.3. The Balaban J connectivity index is 0.00000289. The van der Waals surface area contributed by atoms with Crippen LogP contribution in [-0.2, 0) is 19.3 Å². The van der Waals surface area contributed by atoms with Crippen LogP contribution in [0.3, 0.4) is 0 Å². The van der Waals surface area contributed by atoms with Gasteiger partial charge in [-0.2, -0.15) is 5.10 Å². The Kier molecular flexibility index (Phi) is 5.56. The molecule has 0 aliphatic carbocycles. The fourth-order valence-electron chi connectivity index (χ4n) is 4.89. The molecular formula is C26H30FN3O4. The molecule has 2 aliphatic heterocycles. The summed E-state index contributed by atoms with van der Waals surface area (Å²) in [5.41, 5.74) is 2.81. The lowest BCUT2D eigenvalue weighted by atomic mass is 9.81. The van der Waals surface area contributed by atoms with Crippen LogP contribution in [-0.4, -0.2) is 44.9 Å². The lowest BCUT2D eigenvalue weighted by molar-refractivity contribution is -0.00173. The van der Waals surface area contributed by atoms with E-state index < -0.39 is 5.60 Å². The van der Waals surface area contributed by atoms with Crippen LogP contribution in [0.1, 0.15) is 49.6 Å². The van der Waals surface area contributed by atoms with E-state index in [2.05, 4.69) is 5.10 Å². The zero-order valence-corrected chi connectivity index (χ0v) is 19.5. The van der Waals surface area contributed by atoms with Gasteiger partial charge in [-0.1, -0.05) is 0 Å². The highest BCUT2D eigenvalue weighted by Crippen LogP contribution is 2.49. The van der Waals surface area contributed by atoms with E-state index in [0.717, 1.165) is 11.3 Å². The summed E-state index contributed by atoms with van der Waals surface area (Å²) in [7, 11) is 1.84. The third kappa shape index (κ3) is 3.81. The number of halogens is 1. The summed E-state index contributed by atoms with van der Waals surface area (Å²) < 4.78 is 27.8. The molecule has 1 N–H and O–H groups in total. The first-order valence-electron chi connectivity index (χ1n) is 11.5. The average Bonchev–Trinajstić information content (AvgIpc) is 3.22. The van der Waals surface area contributed by atoms with Crippen LogP contribution in [0.2, 0.25) is 0 Å². The minimum atomic E-state index is -0.615. The zero-order chi connectivity index (χ0) is 24.0. The molecular weight excluding hydrogens is 437 g/mol. The highest BCUT2D eigenvalue weighted by Gasteiger charge is 2.46. The Hall–Kier alpha value is -3.39. The van der Waals surface area contributed by atoms with Crippen molar-refractivity contribution in [3.63, 3.8) is 0 Å². The standard InChI is InChI=1S/C26H28FN3O4.H2/c1-16(2)33-22-6-4-17(12-18(22)15-31)25(32)30-10-8-26(9-11-30)21-14-29(3)28-24(21)20-13-19(27)5-7-23(20)34-26;/h4-7,12-14,16,31H,8-11,15H2,1-3H3;1H. The molecule has 8 heteroatoms. The average molecular weight is 468 g/mol. The van der Waals surface area contributed by atoms with Gasteiger partial charge in [0.1, 0.15) is 28.6 Å². The number of fused-ring (bicyclic) bond motifs is 4. The minimum absolute atomic E-state index is 0. The second kappa shape index (κ2) is 8.43. The van der Waals surface area contributed by atoms with E-state index in [1.807, 2.05) is 32.0 Å². The van der Waals surface area contributed by atoms with Gasteiger partial charge in [0.05, 0.1) is 12.7 Å². The van der Waals surface area contributed by atoms with Crippen LogP contribution in [0.15, 0.2) is 42.6 Å². The number of carbonyl (C=O) groups is 1. The number of aliphatic hydroxyl groups excluding tert-OH is 1. The number of benzene rings is 2. The molecule has 3 aromatic rings. The number of carbonyl (C=O) groups excluding carboxylic acids is 1. The predicted molar refractivity (Wildman–Crippen MR) is 126 cm³/mol.